The first-order valence-electron chi connectivity index (χ1n) is 10.3. The summed E-state index contributed by atoms with van der Waals surface area (Å²) in [6.45, 7) is 2.02. The van der Waals surface area contributed by atoms with Gasteiger partial charge in [0.15, 0.2) is 18.1 Å². The van der Waals surface area contributed by atoms with Gasteiger partial charge >= 0.3 is 5.97 Å². The van der Waals surface area contributed by atoms with E-state index < -0.39 is 5.97 Å². The summed E-state index contributed by atoms with van der Waals surface area (Å²) in [4.78, 5) is 23.5. The summed E-state index contributed by atoms with van der Waals surface area (Å²) in [7, 11) is 2.98. The van der Waals surface area contributed by atoms with Crippen LogP contribution in [0.1, 0.15) is 21.5 Å². The van der Waals surface area contributed by atoms with Gasteiger partial charge in [0.25, 0.3) is 5.91 Å². The number of carbonyl (C=O) groups is 2. The lowest BCUT2D eigenvalue weighted by atomic mass is 10.1. The van der Waals surface area contributed by atoms with Crippen LogP contribution < -0.4 is 24.8 Å². The Morgan fingerprint density at radius 2 is 1.68 bits per heavy atom. The highest BCUT2D eigenvalue weighted by Crippen LogP contribution is 2.37. The van der Waals surface area contributed by atoms with E-state index in [1.165, 1.54) is 26.4 Å². The standard InChI is InChI=1S/C25H25ClN2O6/c1-15-4-7-18(8-5-15)28-23(29)14-34-24-19(26)10-16(11-22(24)33-3)13-27-20-12-17(25(30)31)6-9-21(20)32-2/h4-12,27H,13-14H2,1-3H3,(H,28,29)(H,30,31). The second-order valence-electron chi connectivity index (χ2n) is 7.39. The van der Waals surface area contributed by atoms with Crippen LogP contribution in [0, 0.1) is 6.92 Å². The summed E-state index contributed by atoms with van der Waals surface area (Å²) >= 11 is 6.41. The highest BCUT2D eigenvalue weighted by atomic mass is 35.5. The summed E-state index contributed by atoms with van der Waals surface area (Å²) in [5, 5.41) is 15.4. The molecular formula is C25H25ClN2O6. The van der Waals surface area contributed by atoms with Crippen LogP contribution in [0.5, 0.6) is 17.2 Å². The molecule has 0 aliphatic heterocycles. The molecule has 0 aromatic heterocycles. The minimum Gasteiger partial charge on any atom is -0.495 e. The van der Waals surface area contributed by atoms with Gasteiger partial charge in [-0.05, 0) is 55.0 Å². The normalized spacial score (nSPS) is 10.4. The van der Waals surface area contributed by atoms with E-state index in [0.29, 0.717) is 29.4 Å². The number of rotatable bonds is 10. The van der Waals surface area contributed by atoms with Crippen LogP contribution in [0.3, 0.4) is 0 Å². The topological polar surface area (TPSA) is 106 Å². The first-order valence-corrected chi connectivity index (χ1v) is 10.7. The van der Waals surface area contributed by atoms with Crippen molar-refractivity contribution in [2.45, 2.75) is 13.5 Å². The highest BCUT2D eigenvalue weighted by Gasteiger charge is 2.15. The van der Waals surface area contributed by atoms with Gasteiger partial charge in [-0.3, -0.25) is 4.79 Å². The quantitative estimate of drug-likeness (QED) is 0.372. The van der Waals surface area contributed by atoms with Gasteiger partial charge in [-0.25, -0.2) is 4.79 Å². The molecule has 0 fully saturated rings. The predicted octanol–water partition coefficient (Wildman–Crippen LogP) is 4.99. The minimum atomic E-state index is -1.04. The molecule has 8 nitrogen and oxygen atoms in total. The van der Waals surface area contributed by atoms with E-state index >= 15 is 0 Å². The number of nitrogens with one attached hydrogen (secondary N) is 2. The Kier molecular flexibility index (Phi) is 8.21. The molecule has 9 heteroatoms. The Morgan fingerprint density at radius 1 is 0.971 bits per heavy atom. The first-order chi connectivity index (χ1) is 16.3. The lowest BCUT2D eigenvalue weighted by Crippen LogP contribution is -2.20. The largest absolute Gasteiger partial charge is 0.495 e. The van der Waals surface area contributed by atoms with Crippen LogP contribution in [0.4, 0.5) is 11.4 Å². The number of carbonyl (C=O) groups excluding carboxylic acids is 1. The van der Waals surface area contributed by atoms with E-state index in [0.717, 1.165) is 11.1 Å². The number of ether oxygens (including phenoxy) is 3. The number of carboxylic acid groups (broad SMARTS) is 1. The molecular weight excluding hydrogens is 460 g/mol. The van der Waals surface area contributed by atoms with Gasteiger partial charge in [0.05, 0.1) is 30.5 Å². The summed E-state index contributed by atoms with van der Waals surface area (Å²) in [6, 6.07) is 15.4. The van der Waals surface area contributed by atoms with Crippen LogP contribution in [-0.2, 0) is 11.3 Å². The Labute approximate surface area is 202 Å². The Bertz CT molecular complexity index is 1180. The van der Waals surface area contributed by atoms with E-state index in [2.05, 4.69) is 10.6 Å². The monoisotopic (exact) mass is 484 g/mol. The zero-order chi connectivity index (χ0) is 24.7. The molecule has 3 aromatic carbocycles. The minimum absolute atomic E-state index is 0.131. The van der Waals surface area contributed by atoms with Gasteiger partial charge < -0.3 is 30.0 Å². The molecule has 0 unspecified atom stereocenters. The van der Waals surface area contributed by atoms with Gasteiger partial charge in [0.2, 0.25) is 0 Å². The van der Waals surface area contributed by atoms with Crippen molar-refractivity contribution >= 4 is 34.9 Å². The molecule has 0 spiro atoms. The van der Waals surface area contributed by atoms with Gasteiger partial charge in [0, 0.05) is 12.2 Å². The SMILES string of the molecule is COc1ccc(C(=O)O)cc1NCc1cc(Cl)c(OCC(=O)Nc2ccc(C)cc2)c(OC)c1. The summed E-state index contributed by atoms with van der Waals surface area (Å²) in [6.07, 6.45) is 0. The molecule has 0 saturated heterocycles. The van der Waals surface area contributed by atoms with Crippen LogP contribution in [0.2, 0.25) is 5.02 Å². The van der Waals surface area contributed by atoms with Crippen molar-refractivity contribution in [3.05, 3.63) is 76.3 Å². The van der Waals surface area contributed by atoms with Crippen molar-refractivity contribution in [1.82, 2.24) is 0 Å². The van der Waals surface area contributed by atoms with Crippen molar-refractivity contribution in [2.24, 2.45) is 0 Å². The Hall–Kier alpha value is -3.91. The zero-order valence-corrected chi connectivity index (χ0v) is 19.7. The Balaban J connectivity index is 1.68. The number of anilines is 2. The van der Waals surface area contributed by atoms with Crippen LogP contribution >= 0.6 is 11.6 Å². The molecule has 34 heavy (non-hydrogen) atoms. The molecule has 0 saturated carbocycles. The molecule has 0 aliphatic carbocycles. The molecule has 3 rings (SSSR count). The maximum absolute atomic E-state index is 12.3. The second-order valence-corrected chi connectivity index (χ2v) is 7.79. The number of amides is 1. The van der Waals surface area contributed by atoms with E-state index in [9.17, 15) is 14.7 Å². The molecule has 0 bridgehead atoms. The molecule has 0 atom stereocenters. The van der Waals surface area contributed by atoms with E-state index in [1.54, 1.807) is 18.2 Å². The number of halogens is 1. The van der Waals surface area contributed by atoms with Crippen LogP contribution in [0.15, 0.2) is 54.6 Å². The first kappa shape index (κ1) is 24.7. The molecule has 0 heterocycles. The fourth-order valence-electron chi connectivity index (χ4n) is 3.16. The van der Waals surface area contributed by atoms with Gasteiger partial charge in [0.1, 0.15) is 5.75 Å². The molecule has 1 amide bonds. The molecule has 0 radical (unpaired) electrons. The van der Waals surface area contributed by atoms with Crippen molar-refractivity contribution in [3.8, 4) is 17.2 Å². The average Bonchev–Trinajstić information content (AvgIpc) is 2.82. The van der Waals surface area contributed by atoms with Crippen molar-refractivity contribution in [2.75, 3.05) is 31.5 Å². The summed E-state index contributed by atoms with van der Waals surface area (Å²) < 4.78 is 16.3. The maximum Gasteiger partial charge on any atom is 0.335 e. The Morgan fingerprint density at radius 3 is 2.32 bits per heavy atom. The maximum atomic E-state index is 12.3. The van der Waals surface area contributed by atoms with Crippen LogP contribution in [0.25, 0.3) is 0 Å². The molecule has 0 aliphatic rings. The third kappa shape index (κ3) is 6.32. The number of aryl methyl sites for hydroxylation is 1. The highest BCUT2D eigenvalue weighted by molar-refractivity contribution is 6.32. The van der Waals surface area contributed by atoms with Crippen molar-refractivity contribution in [1.29, 1.82) is 0 Å². The third-order valence-corrected chi connectivity index (χ3v) is 5.18. The van der Waals surface area contributed by atoms with Gasteiger partial charge in [-0.15, -0.1) is 0 Å². The van der Waals surface area contributed by atoms with Crippen molar-refractivity contribution < 1.29 is 28.9 Å². The van der Waals surface area contributed by atoms with E-state index in [4.69, 9.17) is 25.8 Å². The smallest absolute Gasteiger partial charge is 0.335 e. The zero-order valence-electron chi connectivity index (χ0n) is 19.0. The number of hydrogen-bond donors (Lipinski definition) is 3. The van der Waals surface area contributed by atoms with E-state index in [-0.39, 0.29) is 28.8 Å². The number of carboxylic acids is 1. The lowest BCUT2D eigenvalue weighted by molar-refractivity contribution is -0.118. The summed E-state index contributed by atoms with van der Waals surface area (Å²) in [5.41, 5.74) is 3.16. The van der Waals surface area contributed by atoms with Gasteiger partial charge in [-0.2, -0.15) is 0 Å². The molecule has 3 aromatic rings. The van der Waals surface area contributed by atoms with E-state index in [1.807, 2.05) is 31.2 Å². The predicted molar refractivity (Wildman–Crippen MR) is 131 cm³/mol. The second kappa shape index (κ2) is 11.3. The third-order valence-electron chi connectivity index (χ3n) is 4.90. The fourth-order valence-corrected chi connectivity index (χ4v) is 3.45. The number of hydrogen-bond acceptors (Lipinski definition) is 6. The average molecular weight is 485 g/mol. The molecule has 178 valence electrons. The lowest BCUT2D eigenvalue weighted by Gasteiger charge is -2.16. The number of aromatic carboxylic acids is 1. The summed E-state index contributed by atoms with van der Waals surface area (Å²) in [5.74, 6) is -0.264. The molecule has 3 N–H and O–H groups in total. The van der Waals surface area contributed by atoms with Crippen LogP contribution in [-0.4, -0.2) is 37.8 Å². The fraction of sp³-hybridized carbons (Fsp3) is 0.200. The number of benzene rings is 3. The van der Waals surface area contributed by atoms with Crippen molar-refractivity contribution in [3.63, 3.8) is 0 Å². The number of methoxy groups -OCH3 is 2. The van der Waals surface area contributed by atoms with Gasteiger partial charge in [-0.1, -0.05) is 29.3 Å².